The Labute approximate surface area is 298 Å². The molecule has 11 nitrogen and oxygen atoms in total. The number of hydrogen-bond acceptors (Lipinski definition) is 9. The molecule has 0 bridgehead atoms. The number of aliphatic hydroxyl groups is 1. The number of hydrogen-bond donors (Lipinski definition) is 6. The van der Waals surface area contributed by atoms with Gasteiger partial charge in [-0.1, -0.05) is 55.8 Å². The van der Waals surface area contributed by atoms with Crippen molar-refractivity contribution in [2.75, 3.05) is 49.0 Å². The molecule has 1 amide bonds. The van der Waals surface area contributed by atoms with Crippen molar-refractivity contribution in [1.82, 2.24) is 10.2 Å². The summed E-state index contributed by atoms with van der Waals surface area (Å²) >= 11 is 6.05. The number of likely N-dealkylation sites (tertiary alicyclic amines) is 1. The molecule has 0 unspecified atom stereocenters. The third kappa shape index (κ3) is 12.9. The van der Waals surface area contributed by atoms with Gasteiger partial charge in [-0.15, -0.1) is 0 Å². The number of aromatic hydroxyl groups is 2. The van der Waals surface area contributed by atoms with E-state index in [0.717, 1.165) is 77.4 Å². The zero-order valence-corrected chi connectivity index (χ0v) is 29.9. The highest BCUT2D eigenvalue weighted by molar-refractivity contribution is 7.92. The van der Waals surface area contributed by atoms with Crippen LogP contribution in [0.2, 0.25) is 5.02 Å². The second-order valence-corrected chi connectivity index (χ2v) is 14.9. The van der Waals surface area contributed by atoms with E-state index in [9.17, 15) is 32.9 Å². The number of nitrogens with zero attached hydrogens (tertiary/aromatic N) is 1. The molecule has 0 radical (unpaired) electrons. The summed E-state index contributed by atoms with van der Waals surface area (Å²) < 4.78 is 44.9. The minimum atomic E-state index is -3.55. The number of halogens is 2. The van der Waals surface area contributed by atoms with Crippen molar-refractivity contribution in [3.8, 4) is 22.6 Å². The quantitative estimate of drug-likeness (QED) is 0.0598. The smallest absolute Gasteiger partial charge is 0.411 e. The minimum Gasteiger partial charge on any atom is -0.506 e. The third-order valence-corrected chi connectivity index (χ3v) is 9.55. The molecule has 1 saturated heterocycles. The van der Waals surface area contributed by atoms with Crippen molar-refractivity contribution >= 4 is 39.1 Å². The second kappa shape index (κ2) is 19.1. The Bertz CT molecular complexity index is 1670. The summed E-state index contributed by atoms with van der Waals surface area (Å²) in [6, 6.07) is 13.1. The number of nitrogens with one attached hydrogen (secondary N) is 3. The van der Waals surface area contributed by atoms with E-state index < -0.39 is 28.0 Å². The minimum absolute atomic E-state index is 0.0411. The molecule has 1 heterocycles. The van der Waals surface area contributed by atoms with E-state index in [1.807, 2.05) is 0 Å². The molecule has 50 heavy (non-hydrogen) atoms. The van der Waals surface area contributed by atoms with Gasteiger partial charge in [0.2, 0.25) is 10.0 Å². The lowest BCUT2D eigenvalue weighted by molar-refractivity contribution is 0.0584. The van der Waals surface area contributed by atoms with E-state index in [1.54, 1.807) is 24.3 Å². The molecule has 14 heteroatoms. The van der Waals surface area contributed by atoms with Crippen LogP contribution >= 0.6 is 11.6 Å². The molecule has 1 fully saturated rings. The topological polar surface area (TPSA) is 160 Å². The first-order valence-corrected chi connectivity index (χ1v) is 19.3. The van der Waals surface area contributed by atoms with Gasteiger partial charge < -0.3 is 30.3 Å². The van der Waals surface area contributed by atoms with Gasteiger partial charge >= 0.3 is 6.09 Å². The van der Waals surface area contributed by atoms with Crippen LogP contribution < -0.4 is 15.4 Å². The van der Waals surface area contributed by atoms with E-state index >= 15 is 0 Å². The van der Waals surface area contributed by atoms with Gasteiger partial charge in [0.15, 0.2) is 0 Å². The molecular weight excluding hydrogens is 687 g/mol. The number of benzene rings is 3. The molecule has 6 N–H and O–H groups in total. The van der Waals surface area contributed by atoms with Crippen LogP contribution in [0.3, 0.4) is 0 Å². The van der Waals surface area contributed by atoms with Crippen molar-refractivity contribution in [3.63, 3.8) is 0 Å². The van der Waals surface area contributed by atoms with Gasteiger partial charge in [0.1, 0.15) is 23.4 Å². The molecule has 1 aliphatic rings. The van der Waals surface area contributed by atoms with E-state index in [-0.39, 0.29) is 34.0 Å². The molecule has 0 spiro atoms. The predicted molar refractivity (Wildman–Crippen MR) is 195 cm³/mol. The maximum Gasteiger partial charge on any atom is 0.411 e. The van der Waals surface area contributed by atoms with Gasteiger partial charge in [-0.25, -0.2) is 17.6 Å². The fraction of sp³-hybridized carbons (Fsp3) is 0.472. The summed E-state index contributed by atoms with van der Waals surface area (Å²) in [5, 5.41) is 36.1. The molecule has 274 valence electrons. The third-order valence-electron chi connectivity index (χ3n) is 8.65. The molecular formula is C36H48ClFN4O7S. The van der Waals surface area contributed by atoms with Crippen molar-refractivity contribution < 1.29 is 37.7 Å². The van der Waals surface area contributed by atoms with Gasteiger partial charge in [0.05, 0.1) is 28.8 Å². The highest BCUT2D eigenvalue weighted by Gasteiger charge is 2.23. The maximum absolute atomic E-state index is 14.0. The number of unbranched alkanes of at least 4 members (excludes halogenated alkanes) is 6. The van der Waals surface area contributed by atoms with E-state index in [0.29, 0.717) is 23.2 Å². The second-order valence-electron chi connectivity index (χ2n) is 12.8. The van der Waals surface area contributed by atoms with Crippen LogP contribution in [0.5, 0.6) is 11.5 Å². The first-order chi connectivity index (χ1) is 23.9. The number of sulfonamides is 1. The predicted octanol–water partition coefficient (Wildman–Crippen LogP) is 7.00. The van der Waals surface area contributed by atoms with E-state index in [4.69, 9.17) is 16.3 Å². The molecule has 0 aliphatic carbocycles. The van der Waals surface area contributed by atoms with Crippen LogP contribution in [-0.4, -0.2) is 79.8 Å². The van der Waals surface area contributed by atoms with Gasteiger partial charge in [-0.3, -0.25) is 10.0 Å². The highest BCUT2D eigenvalue weighted by atomic mass is 35.5. The lowest BCUT2D eigenvalue weighted by atomic mass is 10.0. The number of anilines is 2. The Morgan fingerprint density at radius 2 is 1.62 bits per heavy atom. The Morgan fingerprint density at radius 1 is 0.940 bits per heavy atom. The van der Waals surface area contributed by atoms with Crippen molar-refractivity contribution in [2.45, 2.75) is 70.0 Å². The fourth-order valence-electron chi connectivity index (χ4n) is 5.96. The van der Waals surface area contributed by atoms with E-state index in [1.165, 1.54) is 43.2 Å². The summed E-state index contributed by atoms with van der Waals surface area (Å²) in [6.45, 7) is 3.81. The standard InChI is InChI=1S/C36H48ClFN4O7S/c1-50(47,48)41-32-22-26(10-14-34(32)44)35(45)24-39-17-7-5-3-2-4-6-8-18-42-19-15-28(16-20-42)49-36(46)40-31-23-27(38)11-12-29(31)25-9-13-33(43)30(37)21-25/h9-14,21-23,28,35,39,41,43-45H,2-8,15-20,24H2,1H3,(H,40,46)/t35-/m0/s1. The van der Waals surface area contributed by atoms with Gasteiger partial charge in [-0.05, 0) is 92.4 Å². The van der Waals surface area contributed by atoms with Gasteiger partial charge in [0, 0.05) is 25.2 Å². The van der Waals surface area contributed by atoms with Crippen LogP contribution in [-0.2, 0) is 14.8 Å². The summed E-state index contributed by atoms with van der Waals surface area (Å²) in [4.78, 5) is 15.1. The SMILES string of the molecule is CS(=O)(=O)Nc1cc([C@@H](O)CNCCCCCCCCCN2CCC(OC(=O)Nc3cc(F)ccc3-c3ccc(O)c(Cl)c3)CC2)ccc1O. The first-order valence-electron chi connectivity index (χ1n) is 17.1. The number of rotatable bonds is 18. The molecule has 1 atom stereocenters. The first kappa shape index (κ1) is 39.2. The van der Waals surface area contributed by atoms with Crippen LogP contribution in [0.15, 0.2) is 54.6 Å². The zero-order chi connectivity index (χ0) is 36.1. The zero-order valence-electron chi connectivity index (χ0n) is 28.3. The van der Waals surface area contributed by atoms with Crippen molar-refractivity contribution in [1.29, 1.82) is 0 Å². The Hall–Kier alpha value is -3.62. The van der Waals surface area contributed by atoms with Crippen LogP contribution in [0.25, 0.3) is 11.1 Å². The maximum atomic E-state index is 14.0. The number of aliphatic hydroxyl groups excluding tert-OH is 1. The average Bonchev–Trinajstić information content (AvgIpc) is 3.06. The largest absolute Gasteiger partial charge is 0.506 e. The van der Waals surface area contributed by atoms with Crippen LogP contribution in [0.4, 0.5) is 20.6 Å². The molecule has 1 aliphatic heterocycles. The Kier molecular flexibility index (Phi) is 15.0. The number of phenols is 2. The highest BCUT2D eigenvalue weighted by Crippen LogP contribution is 2.34. The molecule has 3 aromatic rings. The molecule has 3 aromatic carbocycles. The summed E-state index contributed by atoms with van der Waals surface area (Å²) in [5.41, 5.74) is 1.99. The average molecular weight is 735 g/mol. The van der Waals surface area contributed by atoms with Crippen LogP contribution in [0.1, 0.15) is 69.5 Å². The van der Waals surface area contributed by atoms with E-state index in [2.05, 4.69) is 20.3 Å². The van der Waals surface area contributed by atoms with Crippen LogP contribution in [0, 0.1) is 5.82 Å². The summed E-state index contributed by atoms with van der Waals surface area (Å²) in [7, 11) is -3.55. The monoisotopic (exact) mass is 734 g/mol. The summed E-state index contributed by atoms with van der Waals surface area (Å²) in [6.07, 6.45) is 8.65. The number of piperidine rings is 1. The molecule has 0 saturated carbocycles. The molecule has 0 aromatic heterocycles. The Balaban J connectivity index is 1.03. The van der Waals surface area contributed by atoms with Gasteiger partial charge in [-0.2, -0.15) is 0 Å². The normalized spacial score (nSPS) is 14.7. The number of carbonyl (C=O) groups is 1. The number of carbonyl (C=O) groups excluding carboxylic acids is 1. The number of phenolic OH excluding ortho intramolecular Hbond substituents is 2. The molecule has 4 rings (SSSR count). The Morgan fingerprint density at radius 3 is 2.32 bits per heavy atom. The number of amides is 1. The lowest BCUT2D eigenvalue weighted by Gasteiger charge is -2.31. The van der Waals surface area contributed by atoms with Crippen molar-refractivity contribution in [2.24, 2.45) is 0 Å². The van der Waals surface area contributed by atoms with Crippen molar-refractivity contribution in [3.05, 3.63) is 71.0 Å². The van der Waals surface area contributed by atoms with Gasteiger partial charge in [0.25, 0.3) is 0 Å². The number of ether oxygens (including phenoxy) is 1. The lowest BCUT2D eigenvalue weighted by Crippen LogP contribution is -2.38. The summed E-state index contributed by atoms with van der Waals surface area (Å²) in [5.74, 6) is -0.766. The fourth-order valence-corrected chi connectivity index (χ4v) is 6.70.